The molecule has 2 heterocycles. The number of para-hydroxylation sites is 4. The van der Waals surface area contributed by atoms with Crippen LogP contribution in [0.2, 0.25) is 0 Å². The van der Waals surface area contributed by atoms with Crippen LogP contribution in [-0.2, 0) is 16.1 Å². The van der Waals surface area contributed by atoms with Gasteiger partial charge in [-0.05, 0) is 37.6 Å². The summed E-state index contributed by atoms with van der Waals surface area (Å²) in [6.07, 6.45) is 1.42. The van der Waals surface area contributed by atoms with Crippen LogP contribution in [0.4, 0.5) is 0 Å². The van der Waals surface area contributed by atoms with Gasteiger partial charge in [0.1, 0.15) is 11.9 Å². The molecule has 1 unspecified atom stereocenters. The number of fused-ring (bicyclic) bond motifs is 2. The molecule has 2 aromatic heterocycles. The van der Waals surface area contributed by atoms with Crippen molar-refractivity contribution in [1.29, 1.82) is 0 Å². The molecule has 0 aliphatic rings. The van der Waals surface area contributed by atoms with Crippen molar-refractivity contribution >= 4 is 33.7 Å². The quantitative estimate of drug-likeness (QED) is 0.422. The number of methoxy groups -OCH3 is 1. The first-order valence-corrected chi connectivity index (χ1v) is 10.4. The largest absolute Gasteiger partial charge is 0.467 e. The van der Waals surface area contributed by atoms with Gasteiger partial charge in [-0.2, -0.15) is 0 Å². The SMILES string of the molecule is C=C(C)n1c(=O)n(Cc2nc3ccccc3n2C(CCC)C(=O)OC)c2ccccc21. The number of carbonyl (C=O) groups excluding carboxylic acids is 1. The summed E-state index contributed by atoms with van der Waals surface area (Å²) in [6.45, 7) is 8.03. The fraction of sp³-hybridized carbons (Fsp3) is 0.292. The van der Waals surface area contributed by atoms with Gasteiger partial charge in [-0.1, -0.05) is 44.2 Å². The highest BCUT2D eigenvalue weighted by molar-refractivity contribution is 5.82. The molecule has 0 bridgehead atoms. The third kappa shape index (κ3) is 3.46. The first kappa shape index (κ1) is 20.7. The zero-order valence-corrected chi connectivity index (χ0v) is 18.0. The Balaban J connectivity index is 1.95. The van der Waals surface area contributed by atoms with Crippen molar-refractivity contribution in [2.75, 3.05) is 7.11 Å². The number of allylic oxidation sites excluding steroid dienone is 1. The lowest BCUT2D eigenvalue weighted by molar-refractivity contribution is -0.144. The van der Waals surface area contributed by atoms with Crippen molar-refractivity contribution in [3.63, 3.8) is 0 Å². The molecule has 160 valence electrons. The molecule has 0 fully saturated rings. The number of imidazole rings is 2. The third-order valence-corrected chi connectivity index (χ3v) is 5.53. The van der Waals surface area contributed by atoms with Gasteiger partial charge >= 0.3 is 11.7 Å². The number of hydrogen-bond acceptors (Lipinski definition) is 4. The molecule has 7 heteroatoms. The Bertz CT molecular complexity index is 1340. The smallest absolute Gasteiger partial charge is 0.333 e. The summed E-state index contributed by atoms with van der Waals surface area (Å²) in [6, 6.07) is 14.8. The molecule has 0 aliphatic heterocycles. The molecule has 0 saturated carbocycles. The van der Waals surface area contributed by atoms with Crippen molar-refractivity contribution in [1.82, 2.24) is 18.7 Å². The van der Waals surface area contributed by atoms with E-state index in [1.54, 1.807) is 9.13 Å². The van der Waals surface area contributed by atoms with E-state index in [9.17, 15) is 9.59 Å². The molecule has 31 heavy (non-hydrogen) atoms. The number of hydrogen-bond donors (Lipinski definition) is 0. The van der Waals surface area contributed by atoms with Crippen molar-refractivity contribution in [3.8, 4) is 0 Å². The number of carbonyl (C=O) groups is 1. The van der Waals surface area contributed by atoms with E-state index < -0.39 is 6.04 Å². The van der Waals surface area contributed by atoms with E-state index in [1.165, 1.54) is 7.11 Å². The Morgan fingerprint density at radius 2 is 1.74 bits per heavy atom. The average molecular weight is 418 g/mol. The molecule has 0 aliphatic carbocycles. The molecule has 0 radical (unpaired) electrons. The topological polar surface area (TPSA) is 71.0 Å². The Morgan fingerprint density at radius 3 is 2.39 bits per heavy atom. The van der Waals surface area contributed by atoms with Crippen LogP contribution in [0.15, 0.2) is 59.9 Å². The molecule has 0 N–H and O–H groups in total. The van der Waals surface area contributed by atoms with Gasteiger partial charge in [0.2, 0.25) is 0 Å². The first-order chi connectivity index (χ1) is 15.0. The number of esters is 1. The molecule has 4 aromatic rings. The molecule has 2 aromatic carbocycles. The predicted octanol–water partition coefficient (Wildman–Crippen LogP) is 4.21. The predicted molar refractivity (Wildman–Crippen MR) is 122 cm³/mol. The van der Waals surface area contributed by atoms with Crippen molar-refractivity contribution in [3.05, 3.63) is 71.4 Å². The van der Waals surface area contributed by atoms with Crippen LogP contribution in [-0.4, -0.2) is 31.8 Å². The van der Waals surface area contributed by atoms with Crippen molar-refractivity contribution < 1.29 is 9.53 Å². The number of benzene rings is 2. The normalized spacial score (nSPS) is 12.4. The first-order valence-electron chi connectivity index (χ1n) is 10.4. The van der Waals surface area contributed by atoms with Crippen LogP contribution in [0.1, 0.15) is 38.6 Å². The Morgan fingerprint density at radius 1 is 1.10 bits per heavy atom. The van der Waals surface area contributed by atoms with Gasteiger partial charge in [0.05, 0.1) is 35.7 Å². The number of nitrogens with zero attached hydrogens (tertiary/aromatic N) is 4. The Kier molecular flexibility index (Phi) is 5.50. The molecular formula is C24H26N4O3. The third-order valence-electron chi connectivity index (χ3n) is 5.53. The van der Waals surface area contributed by atoms with E-state index in [4.69, 9.17) is 9.72 Å². The fourth-order valence-electron chi connectivity index (χ4n) is 4.19. The molecule has 0 spiro atoms. The highest BCUT2D eigenvalue weighted by atomic mass is 16.5. The lowest BCUT2D eigenvalue weighted by atomic mass is 10.1. The second-order valence-electron chi connectivity index (χ2n) is 7.64. The monoisotopic (exact) mass is 418 g/mol. The molecule has 0 amide bonds. The van der Waals surface area contributed by atoms with Gasteiger partial charge in [-0.25, -0.2) is 14.6 Å². The Labute approximate surface area is 180 Å². The molecular weight excluding hydrogens is 392 g/mol. The molecule has 4 rings (SSSR count). The van der Waals surface area contributed by atoms with Crippen LogP contribution >= 0.6 is 0 Å². The number of rotatable bonds is 7. The van der Waals surface area contributed by atoms with Gasteiger partial charge < -0.3 is 9.30 Å². The highest BCUT2D eigenvalue weighted by Gasteiger charge is 2.26. The minimum absolute atomic E-state index is 0.183. The highest BCUT2D eigenvalue weighted by Crippen LogP contribution is 2.27. The van der Waals surface area contributed by atoms with Crippen molar-refractivity contribution in [2.24, 2.45) is 0 Å². The van der Waals surface area contributed by atoms with Crippen LogP contribution in [0.5, 0.6) is 0 Å². The van der Waals surface area contributed by atoms with Gasteiger partial charge in [0.15, 0.2) is 0 Å². The number of aromatic nitrogens is 4. The van der Waals surface area contributed by atoms with E-state index in [2.05, 4.69) is 6.58 Å². The fourth-order valence-corrected chi connectivity index (χ4v) is 4.19. The van der Waals surface area contributed by atoms with Crippen LogP contribution < -0.4 is 5.69 Å². The second kappa shape index (κ2) is 8.26. The minimum atomic E-state index is -0.511. The van der Waals surface area contributed by atoms with Gasteiger partial charge in [0, 0.05) is 5.70 Å². The van der Waals surface area contributed by atoms with E-state index in [-0.39, 0.29) is 18.2 Å². The summed E-state index contributed by atoms with van der Waals surface area (Å²) in [5.74, 6) is 0.319. The molecule has 0 saturated heterocycles. The summed E-state index contributed by atoms with van der Waals surface area (Å²) < 4.78 is 10.3. The maximum absolute atomic E-state index is 13.3. The maximum atomic E-state index is 13.3. The van der Waals surface area contributed by atoms with Gasteiger partial charge in [0.25, 0.3) is 0 Å². The van der Waals surface area contributed by atoms with Crippen molar-refractivity contribution in [2.45, 2.75) is 39.3 Å². The van der Waals surface area contributed by atoms with E-state index >= 15 is 0 Å². The second-order valence-corrected chi connectivity index (χ2v) is 7.64. The molecule has 1 atom stereocenters. The van der Waals surface area contributed by atoms with E-state index in [1.807, 2.05) is 66.9 Å². The summed E-state index contributed by atoms with van der Waals surface area (Å²) in [5.41, 5.74) is 3.67. The summed E-state index contributed by atoms with van der Waals surface area (Å²) in [5, 5.41) is 0. The lowest BCUT2D eigenvalue weighted by Gasteiger charge is -2.19. The Hall–Kier alpha value is -3.61. The zero-order valence-electron chi connectivity index (χ0n) is 18.0. The number of ether oxygens (including phenoxy) is 1. The summed E-state index contributed by atoms with van der Waals surface area (Å²) in [4.78, 5) is 30.7. The summed E-state index contributed by atoms with van der Waals surface area (Å²) >= 11 is 0. The maximum Gasteiger partial charge on any atom is 0.333 e. The molecule has 7 nitrogen and oxygen atoms in total. The summed E-state index contributed by atoms with van der Waals surface area (Å²) in [7, 11) is 1.40. The van der Waals surface area contributed by atoms with Crippen LogP contribution in [0, 0.1) is 0 Å². The lowest BCUT2D eigenvalue weighted by Crippen LogP contribution is -2.27. The zero-order chi connectivity index (χ0) is 22.1. The van der Waals surface area contributed by atoms with E-state index in [0.29, 0.717) is 17.9 Å². The van der Waals surface area contributed by atoms with E-state index in [0.717, 1.165) is 28.5 Å². The average Bonchev–Trinajstić information content (AvgIpc) is 3.26. The minimum Gasteiger partial charge on any atom is -0.467 e. The van der Waals surface area contributed by atoms with Gasteiger partial charge in [-0.15, -0.1) is 0 Å². The van der Waals surface area contributed by atoms with Crippen LogP contribution in [0.25, 0.3) is 27.8 Å². The standard InChI is InChI=1S/C24H26N4O3/c1-5-10-21(23(29)31-4)28-18-12-7-6-11-17(18)25-22(28)15-26-19-13-8-9-14-20(19)27(16(2)3)24(26)30/h6-9,11-14,21H,2,5,10,15H2,1,3-4H3. The van der Waals surface area contributed by atoms with Crippen LogP contribution in [0.3, 0.4) is 0 Å². The van der Waals surface area contributed by atoms with Gasteiger partial charge in [-0.3, -0.25) is 9.13 Å².